The predicted octanol–water partition coefficient (Wildman–Crippen LogP) is 3.62. The van der Waals surface area contributed by atoms with Gasteiger partial charge in [-0.05, 0) is 54.2 Å². The van der Waals surface area contributed by atoms with E-state index in [9.17, 15) is 18.0 Å². The fourth-order valence-electron chi connectivity index (χ4n) is 2.05. The number of rotatable bonds is 5. The standard InChI is InChI=1S/C18H20ClN3O4S2/c1-21(2)18(24)27-13-7-5-12(6-8-13)20-17(23)15-11-14(9-10-16(15)19)28(25,26)22(3)4/h5-11H,1-4H3,(H,20,23). The van der Waals surface area contributed by atoms with Crippen LogP contribution in [0.5, 0.6) is 0 Å². The Morgan fingerprint density at radius 3 is 2.14 bits per heavy atom. The van der Waals surface area contributed by atoms with Crippen LogP contribution in [0.1, 0.15) is 10.4 Å². The Morgan fingerprint density at radius 2 is 1.61 bits per heavy atom. The number of hydrogen-bond donors (Lipinski definition) is 1. The lowest BCUT2D eigenvalue weighted by atomic mass is 10.2. The average Bonchev–Trinajstić information content (AvgIpc) is 2.63. The average molecular weight is 442 g/mol. The van der Waals surface area contributed by atoms with Gasteiger partial charge in [-0.3, -0.25) is 9.59 Å². The number of carbonyl (C=O) groups excluding carboxylic acids is 2. The molecule has 2 aromatic rings. The van der Waals surface area contributed by atoms with Gasteiger partial charge >= 0.3 is 0 Å². The molecule has 0 radical (unpaired) electrons. The van der Waals surface area contributed by atoms with Gasteiger partial charge in [0.15, 0.2) is 0 Å². The second kappa shape index (κ2) is 8.95. The number of amides is 2. The summed E-state index contributed by atoms with van der Waals surface area (Å²) >= 11 is 7.15. The van der Waals surface area contributed by atoms with Gasteiger partial charge in [-0.15, -0.1) is 0 Å². The molecule has 10 heteroatoms. The first-order valence-corrected chi connectivity index (χ1v) is 10.7. The number of nitrogens with zero attached hydrogens (tertiary/aromatic N) is 2. The third-order valence-electron chi connectivity index (χ3n) is 3.64. The summed E-state index contributed by atoms with van der Waals surface area (Å²) < 4.78 is 25.6. The van der Waals surface area contributed by atoms with Crippen LogP contribution in [0.2, 0.25) is 5.02 Å². The maximum atomic E-state index is 12.6. The minimum Gasteiger partial charge on any atom is -0.339 e. The molecule has 2 rings (SSSR count). The molecule has 0 aliphatic rings. The van der Waals surface area contributed by atoms with E-state index in [1.807, 2.05) is 0 Å². The normalized spacial score (nSPS) is 11.4. The number of carbonyl (C=O) groups is 2. The van der Waals surface area contributed by atoms with Gasteiger partial charge in [0.05, 0.1) is 15.5 Å². The van der Waals surface area contributed by atoms with Crippen LogP contribution in [0.4, 0.5) is 10.5 Å². The predicted molar refractivity (Wildman–Crippen MR) is 112 cm³/mol. The monoisotopic (exact) mass is 441 g/mol. The topological polar surface area (TPSA) is 86.8 Å². The first-order valence-electron chi connectivity index (χ1n) is 8.05. The highest BCUT2D eigenvalue weighted by atomic mass is 35.5. The number of benzene rings is 2. The molecule has 0 bridgehead atoms. The summed E-state index contributed by atoms with van der Waals surface area (Å²) in [6.07, 6.45) is 0. The van der Waals surface area contributed by atoms with Gasteiger partial charge in [-0.1, -0.05) is 11.6 Å². The number of sulfonamides is 1. The first kappa shape index (κ1) is 22.2. The van der Waals surface area contributed by atoms with Crippen LogP contribution in [0.3, 0.4) is 0 Å². The van der Waals surface area contributed by atoms with Crippen LogP contribution in [0.15, 0.2) is 52.3 Å². The molecule has 150 valence electrons. The van der Waals surface area contributed by atoms with E-state index in [2.05, 4.69) is 5.32 Å². The summed E-state index contributed by atoms with van der Waals surface area (Å²) in [5, 5.41) is 2.70. The highest BCUT2D eigenvalue weighted by Crippen LogP contribution is 2.25. The van der Waals surface area contributed by atoms with Gasteiger partial charge in [0.1, 0.15) is 0 Å². The van der Waals surface area contributed by atoms with Crippen LogP contribution in [-0.2, 0) is 10.0 Å². The number of hydrogen-bond acceptors (Lipinski definition) is 5. The van der Waals surface area contributed by atoms with E-state index in [0.717, 1.165) is 21.0 Å². The van der Waals surface area contributed by atoms with Gasteiger partial charge in [0.2, 0.25) is 10.0 Å². The van der Waals surface area contributed by atoms with Crippen LogP contribution < -0.4 is 5.32 Å². The minimum atomic E-state index is -3.69. The van der Waals surface area contributed by atoms with Crippen molar-refractivity contribution in [2.45, 2.75) is 9.79 Å². The maximum Gasteiger partial charge on any atom is 0.285 e. The maximum absolute atomic E-state index is 12.6. The van der Waals surface area contributed by atoms with Gasteiger partial charge < -0.3 is 10.2 Å². The van der Waals surface area contributed by atoms with Crippen molar-refractivity contribution in [1.82, 2.24) is 9.21 Å². The lowest BCUT2D eigenvalue weighted by Crippen LogP contribution is -2.23. The lowest BCUT2D eigenvalue weighted by molar-refractivity contribution is 0.102. The summed E-state index contributed by atoms with van der Waals surface area (Å²) in [5.74, 6) is -0.537. The van der Waals surface area contributed by atoms with E-state index in [0.29, 0.717) is 5.69 Å². The van der Waals surface area contributed by atoms with E-state index in [-0.39, 0.29) is 20.7 Å². The van der Waals surface area contributed by atoms with E-state index >= 15 is 0 Å². The van der Waals surface area contributed by atoms with Crippen LogP contribution in [0, 0.1) is 0 Å². The summed E-state index contributed by atoms with van der Waals surface area (Å²) in [6, 6.07) is 10.7. The van der Waals surface area contributed by atoms with Gasteiger partial charge in [-0.2, -0.15) is 0 Å². The molecule has 0 atom stereocenters. The van der Waals surface area contributed by atoms with E-state index in [4.69, 9.17) is 11.6 Å². The van der Waals surface area contributed by atoms with Crippen molar-refractivity contribution in [3.8, 4) is 0 Å². The first-order chi connectivity index (χ1) is 13.0. The Kier molecular flexibility index (Phi) is 7.11. The van der Waals surface area contributed by atoms with Crippen molar-refractivity contribution < 1.29 is 18.0 Å². The molecule has 0 saturated carbocycles. The van der Waals surface area contributed by atoms with Crippen molar-refractivity contribution in [2.75, 3.05) is 33.5 Å². The smallest absolute Gasteiger partial charge is 0.285 e. The summed E-state index contributed by atoms with van der Waals surface area (Å²) in [5.41, 5.74) is 0.536. The highest BCUT2D eigenvalue weighted by molar-refractivity contribution is 8.13. The molecule has 0 saturated heterocycles. The molecule has 0 aliphatic heterocycles. The number of halogens is 1. The van der Waals surface area contributed by atoms with Crippen molar-refractivity contribution in [3.05, 3.63) is 53.1 Å². The highest BCUT2D eigenvalue weighted by Gasteiger charge is 2.21. The molecule has 0 spiro atoms. The zero-order valence-corrected chi connectivity index (χ0v) is 18.2. The van der Waals surface area contributed by atoms with Crippen LogP contribution >= 0.6 is 23.4 Å². The lowest BCUT2D eigenvalue weighted by Gasteiger charge is -2.13. The second-order valence-electron chi connectivity index (χ2n) is 6.17. The molecular formula is C18H20ClN3O4S2. The fourth-order valence-corrected chi connectivity index (χ4v) is 3.83. The van der Waals surface area contributed by atoms with Crippen molar-refractivity contribution in [3.63, 3.8) is 0 Å². The number of thioether (sulfide) groups is 1. The van der Waals surface area contributed by atoms with E-state index in [1.165, 1.54) is 37.2 Å². The van der Waals surface area contributed by atoms with Gasteiger partial charge in [0.25, 0.3) is 11.1 Å². The summed E-state index contributed by atoms with van der Waals surface area (Å²) in [4.78, 5) is 26.4. The largest absolute Gasteiger partial charge is 0.339 e. The zero-order valence-electron chi connectivity index (χ0n) is 15.8. The zero-order chi connectivity index (χ0) is 21.1. The molecule has 0 aromatic heterocycles. The Morgan fingerprint density at radius 1 is 1.00 bits per heavy atom. The molecule has 0 aliphatic carbocycles. The minimum absolute atomic E-state index is 0.0269. The van der Waals surface area contributed by atoms with Crippen LogP contribution in [0.25, 0.3) is 0 Å². The second-order valence-corrected chi connectivity index (χ2v) is 9.75. The molecule has 0 fully saturated rings. The summed E-state index contributed by atoms with van der Waals surface area (Å²) in [6.45, 7) is 0. The quantitative estimate of drug-likeness (QED) is 0.716. The third kappa shape index (κ3) is 5.26. The van der Waals surface area contributed by atoms with Crippen molar-refractivity contribution in [1.29, 1.82) is 0 Å². The molecule has 28 heavy (non-hydrogen) atoms. The van der Waals surface area contributed by atoms with Crippen molar-refractivity contribution >= 4 is 50.2 Å². The molecule has 2 aromatic carbocycles. The van der Waals surface area contributed by atoms with Gasteiger partial charge in [-0.25, -0.2) is 12.7 Å². The van der Waals surface area contributed by atoms with E-state index in [1.54, 1.807) is 38.4 Å². The fraction of sp³-hybridized carbons (Fsp3) is 0.222. The molecule has 0 heterocycles. The number of nitrogens with one attached hydrogen (secondary N) is 1. The molecule has 2 amide bonds. The Hall–Kier alpha value is -2.07. The third-order valence-corrected chi connectivity index (χ3v) is 6.83. The molecule has 0 unspecified atom stereocenters. The van der Waals surface area contributed by atoms with E-state index < -0.39 is 15.9 Å². The summed E-state index contributed by atoms with van der Waals surface area (Å²) in [7, 11) is 2.45. The Labute approximate surface area is 173 Å². The molecule has 7 nitrogen and oxygen atoms in total. The molecule has 1 N–H and O–H groups in total. The van der Waals surface area contributed by atoms with Crippen molar-refractivity contribution in [2.24, 2.45) is 0 Å². The van der Waals surface area contributed by atoms with Gasteiger partial charge in [0, 0.05) is 38.8 Å². The SMILES string of the molecule is CN(C)C(=O)Sc1ccc(NC(=O)c2cc(S(=O)(=O)N(C)C)ccc2Cl)cc1. The molecular weight excluding hydrogens is 422 g/mol. The Bertz CT molecular complexity index is 990. The Balaban J connectivity index is 2.20. The number of anilines is 1. The van der Waals surface area contributed by atoms with Crippen LogP contribution in [-0.4, -0.2) is 57.0 Å².